The molecular formula is C12H19NO3. The van der Waals surface area contributed by atoms with E-state index >= 15 is 0 Å². The van der Waals surface area contributed by atoms with Crippen LogP contribution < -0.4 is 5.32 Å². The van der Waals surface area contributed by atoms with Gasteiger partial charge in [-0.2, -0.15) is 0 Å². The number of aliphatic hydroxyl groups is 1. The fourth-order valence-electron chi connectivity index (χ4n) is 1.85. The number of hydrogen-bond donors (Lipinski definition) is 2. The van der Waals surface area contributed by atoms with Gasteiger partial charge in [-0.1, -0.05) is 0 Å². The van der Waals surface area contributed by atoms with Crippen LogP contribution in [0.3, 0.4) is 0 Å². The maximum atomic E-state index is 10.3. The molecule has 1 aliphatic rings. The molecule has 1 aromatic rings. The van der Waals surface area contributed by atoms with Gasteiger partial charge in [-0.25, -0.2) is 0 Å². The molecule has 2 heterocycles. The van der Waals surface area contributed by atoms with Crippen molar-refractivity contribution in [1.29, 1.82) is 0 Å². The molecule has 2 N–H and O–H groups in total. The molecule has 1 aromatic heterocycles. The number of ether oxygens (including phenoxy) is 1. The van der Waals surface area contributed by atoms with Gasteiger partial charge < -0.3 is 19.6 Å². The molecule has 1 aliphatic heterocycles. The fourth-order valence-corrected chi connectivity index (χ4v) is 1.85. The minimum absolute atomic E-state index is 0.350. The molecule has 4 nitrogen and oxygen atoms in total. The van der Waals surface area contributed by atoms with E-state index in [4.69, 9.17) is 9.15 Å². The molecule has 0 amide bonds. The van der Waals surface area contributed by atoms with Crippen LogP contribution in [0.25, 0.3) is 0 Å². The summed E-state index contributed by atoms with van der Waals surface area (Å²) >= 11 is 0. The Hall–Kier alpha value is -0.840. The lowest BCUT2D eigenvalue weighted by Crippen LogP contribution is -2.40. The lowest BCUT2D eigenvalue weighted by atomic mass is 10.0. The van der Waals surface area contributed by atoms with Gasteiger partial charge in [-0.3, -0.25) is 0 Å². The van der Waals surface area contributed by atoms with Crippen LogP contribution in [-0.2, 0) is 10.3 Å². The van der Waals surface area contributed by atoms with E-state index in [-0.39, 0.29) is 0 Å². The zero-order valence-corrected chi connectivity index (χ0v) is 9.82. The van der Waals surface area contributed by atoms with Crippen LogP contribution in [0.4, 0.5) is 0 Å². The quantitative estimate of drug-likeness (QED) is 0.807. The van der Waals surface area contributed by atoms with Gasteiger partial charge in [0, 0.05) is 19.2 Å². The Bertz CT molecular complexity index is 340. The van der Waals surface area contributed by atoms with E-state index in [1.54, 1.807) is 6.92 Å². The number of nitrogens with one attached hydrogen (secondary N) is 1. The Morgan fingerprint density at radius 2 is 2.38 bits per heavy atom. The summed E-state index contributed by atoms with van der Waals surface area (Å²) in [6, 6.07) is 4.03. The Kier molecular flexibility index (Phi) is 3.33. The molecule has 4 heteroatoms. The molecule has 0 spiro atoms. The molecular weight excluding hydrogens is 206 g/mol. The Labute approximate surface area is 95.6 Å². The third kappa shape index (κ3) is 2.64. The van der Waals surface area contributed by atoms with Crippen LogP contribution in [0.15, 0.2) is 16.5 Å². The molecule has 0 aromatic carbocycles. The molecule has 90 valence electrons. The Morgan fingerprint density at radius 1 is 1.56 bits per heavy atom. The molecule has 0 radical (unpaired) electrons. The van der Waals surface area contributed by atoms with Crippen molar-refractivity contribution in [3.8, 4) is 0 Å². The second-order valence-electron chi connectivity index (χ2n) is 4.63. The summed E-state index contributed by atoms with van der Waals surface area (Å²) in [6.45, 7) is 5.65. The van der Waals surface area contributed by atoms with E-state index in [9.17, 15) is 5.11 Å². The van der Waals surface area contributed by atoms with E-state index in [1.807, 2.05) is 19.1 Å². The number of furan rings is 1. The average Bonchev–Trinajstić information content (AvgIpc) is 2.85. The molecule has 16 heavy (non-hydrogen) atoms. The topological polar surface area (TPSA) is 54.6 Å². The first kappa shape index (κ1) is 11.6. The minimum Gasteiger partial charge on any atom is -0.463 e. The number of aryl methyl sites for hydroxylation is 1. The Morgan fingerprint density at radius 3 is 2.94 bits per heavy atom. The standard InChI is InChI=1S/C12H19NO3/c1-9-3-4-11(16-9)12(2,14)8-13-10-5-6-15-7-10/h3-4,10,13-14H,5-8H2,1-2H3. The maximum Gasteiger partial charge on any atom is 0.136 e. The summed E-state index contributed by atoms with van der Waals surface area (Å²) < 4.78 is 10.7. The Balaban J connectivity index is 1.91. The minimum atomic E-state index is -0.961. The molecule has 2 unspecified atom stereocenters. The molecule has 0 aliphatic carbocycles. The van der Waals surface area contributed by atoms with Gasteiger partial charge in [0.1, 0.15) is 17.1 Å². The second kappa shape index (κ2) is 4.57. The van der Waals surface area contributed by atoms with Crippen LogP contribution in [0.2, 0.25) is 0 Å². The SMILES string of the molecule is Cc1ccc(C(C)(O)CNC2CCOC2)o1. The average molecular weight is 225 g/mol. The largest absolute Gasteiger partial charge is 0.463 e. The molecule has 2 rings (SSSR count). The van der Waals surface area contributed by atoms with Crippen LogP contribution in [0.1, 0.15) is 24.9 Å². The molecule has 1 saturated heterocycles. The summed E-state index contributed by atoms with van der Waals surface area (Å²) in [5.74, 6) is 1.43. The second-order valence-corrected chi connectivity index (χ2v) is 4.63. The third-order valence-corrected chi connectivity index (χ3v) is 2.94. The van der Waals surface area contributed by atoms with Crippen molar-refractivity contribution in [1.82, 2.24) is 5.32 Å². The molecule has 0 saturated carbocycles. The predicted molar refractivity (Wildman–Crippen MR) is 60.2 cm³/mol. The maximum absolute atomic E-state index is 10.3. The highest BCUT2D eigenvalue weighted by Gasteiger charge is 2.28. The number of hydrogen-bond acceptors (Lipinski definition) is 4. The summed E-state index contributed by atoms with van der Waals surface area (Å²) in [5, 5.41) is 13.6. The van der Waals surface area contributed by atoms with Crippen LogP contribution >= 0.6 is 0 Å². The van der Waals surface area contributed by atoms with Gasteiger partial charge in [-0.05, 0) is 32.4 Å². The summed E-state index contributed by atoms with van der Waals surface area (Å²) in [7, 11) is 0. The van der Waals surface area contributed by atoms with Crippen molar-refractivity contribution in [2.75, 3.05) is 19.8 Å². The summed E-state index contributed by atoms with van der Waals surface area (Å²) in [5.41, 5.74) is -0.961. The predicted octanol–water partition coefficient (Wildman–Crippen LogP) is 1.17. The van der Waals surface area contributed by atoms with E-state index in [1.165, 1.54) is 0 Å². The first-order valence-corrected chi connectivity index (χ1v) is 5.68. The van der Waals surface area contributed by atoms with Crippen molar-refractivity contribution >= 4 is 0 Å². The van der Waals surface area contributed by atoms with E-state index in [0.29, 0.717) is 18.3 Å². The van der Waals surface area contributed by atoms with Crippen molar-refractivity contribution in [2.45, 2.75) is 31.9 Å². The molecule has 2 atom stereocenters. The monoisotopic (exact) mass is 225 g/mol. The first-order valence-electron chi connectivity index (χ1n) is 5.68. The number of rotatable bonds is 4. The van der Waals surface area contributed by atoms with Crippen LogP contribution in [0, 0.1) is 6.92 Å². The molecule has 1 fully saturated rings. The van der Waals surface area contributed by atoms with Crippen molar-refractivity contribution < 1.29 is 14.3 Å². The fraction of sp³-hybridized carbons (Fsp3) is 0.667. The van der Waals surface area contributed by atoms with Crippen molar-refractivity contribution in [2.24, 2.45) is 0 Å². The van der Waals surface area contributed by atoms with Crippen molar-refractivity contribution in [3.05, 3.63) is 23.7 Å². The van der Waals surface area contributed by atoms with Crippen molar-refractivity contribution in [3.63, 3.8) is 0 Å². The zero-order chi connectivity index (χ0) is 11.6. The lowest BCUT2D eigenvalue weighted by Gasteiger charge is -2.23. The highest BCUT2D eigenvalue weighted by molar-refractivity contribution is 5.12. The van der Waals surface area contributed by atoms with E-state index in [2.05, 4.69) is 5.32 Å². The smallest absolute Gasteiger partial charge is 0.136 e. The van der Waals surface area contributed by atoms with Gasteiger partial charge in [0.2, 0.25) is 0 Å². The van der Waals surface area contributed by atoms with Gasteiger partial charge in [0.05, 0.1) is 6.61 Å². The molecule has 0 bridgehead atoms. The van der Waals surface area contributed by atoms with Crippen LogP contribution in [0.5, 0.6) is 0 Å². The highest BCUT2D eigenvalue weighted by atomic mass is 16.5. The highest BCUT2D eigenvalue weighted by Crippen LogP contribution is 2.22. The van der Waals surface area contributed by atoms with E-state index < -0.39 is 5.60 Å². The summed E-state index contributed by atoms with van der Waals surface area (Å²) in [4.78, 5) is 0. The van der Waals surface area contributed by atoms with Gasteiger partial charge >= 0.3 is 0 Å². The van der Waals surface area contributed by atoms with E-state index in [0.717, 1.165) is 25.4 Å². The summed E-state index contributed by atoms with van der Waals surface area (Å²) in [6.07, 6.45) is 1.01. The van der Waals surface area contributed by atoms with Gasteiger partial charge in [0.25, 0.3) is 0 Å². The third-order valence-electron chi connectivity index (χ3n) is 2.94. The van der Waals surface area contributed by atoms with Crippen LogP contribution in [-0.4, -0.2) is 30.9 Å². The van der Waals surface area contributed by atoms with Gasteiger partial charge in [-0.15, -0.1) is 0 Å². The normalized spacial score (nSPS) is 24.6. The lowest BCUT2D eigenvalue weighted by molar-refractivity contribution is 0.0304. The van der Waals surface area contributed by atoms with Gasteiger partial charge in [0.15, 0.2) is 0 Å². The first-order chi connectivity index (χ1) is 7.58. The zero-order valence-electron chi connectivity index (χ0n) is 9.82.